The van der Waals surface area contributed by atoms with Crippen LogP contribution in [0.25, 0.3) is 0 Å². The predicted octanol–water partition coefficient (Wildman–Crippen LogP) is 2.94. The van der Waals surface area contributed by atoms with E-state index in [0.29, 0.717) is 9.50 Å². The minimum Gasteiger partial charge on any atom is -0.293 e. The number of carbonyl (C=O) groups excluding carboxylic acids is 1. The second kappa shape index (κ2) is 7.71. The van der Waals surface area contributed by atoms with Crippen molar-refractivity contribution in [1.29, 1.82) is 0 Å². The van der Waals surface area contributed by atoms with Gasteiger partial charge in [0.05, 0.1) is 15.6 Å². The molecule has 0 spiro atoms. The maximum Gasteiger partial charge on any atom is 0.264 e. The number of rotatable bonds is 5. The maximum absolute atomic E-state index is 12.9. The van der Waals surface area contributed by atoms with Gasteiger partial charge in [0.2, 0.25) is 0 Å². The molecule has 0 aromatic heterocycles. The van der Waals surface area contributed by atoms with Crippen molar-refractivity contribution in [2.75, 3.05) is 10.8 Å². The van der Waals surface area contributed by atoms with Gasteiger partial charge in [-0.2, -0.15) is 0 Å². The average Bonchev–Trinajstić information content (AvgIpc) is 2.53. The van der Waals surface area contributed by atoms with Crippen molar-refractivity contribution in [3.8, 4) is 0 Å². The zero-order chi connectivity index (χ0) is 17.9. The molecule has 6 nitrogen and oxygen atoms in total. The molecule has 0 fully saturated rings. The van der Waals surface area contributed by atoms with E-state index in [1.165, 1.54) is 36.4 Å². The molecule has 10 heteroatoms. The molecule has 2 aromatic rings. The van der Waals surface area contributed by atoms with Gasteiger partial charge in [-0.15, -0.1) is 0 Å². The van der Waals surface area contributed by atoms with Gasteiger partial charge in [0.1, 0.15) is 6.54 Å². The highest BCUT2D eigenvalue weighted by Gasteiger charge is 2.28. The largest absolute Gasteiger partial charge is 0.293 e. The number of anilines is 1. The van der Waals surface area contributed by atoms with Gasteiger partial charge in [-0.3, -0.25) is 14.5 Å². The first-order valence-electron chi connectivity index (χ1n) is 6.48. The third-order valence-corrected chi connectivity index (χ3v) is 5.85. The molecular weight excluding hydrogens is 441 g/mol. The number of nitrogens with two attached hydrogens (primary N) is 1. The Hall–Kier alpha value is -1.32. The number of halogens is 3. The Kier molecular flexibility index (Phi) is 6.11. The van der Waals surface area contributed by atoms with E-state index in [2.05, 4.69) is 15.9 Å². The Morgan fingerprint density at radius 3 is 2.33 bits per heavy atom. The van der Waals surface area contributed by atoms with Crippen LogP contribution >= 0.6 is 39.1 Å². The summed E-state index contributed by atoms with van der Waals surface area (Å²) in [7, 11) is -4.05. The molecule has 0 radical (unpaired) electrons. The van der Waals surface area contributed by atoms with Crippen LogP contribution in [0.15, 0.2) is 51.8 Å². The Morgan fingerprint density at radius 1 is 1.17 bits per heavy atom. The normalized spacial score (nSPS) is 11.2. The van der Waals surface area contributed by atoms with Crippen LogP contribution in [0.5, 0.6) is 0 Å². The summed E-state index contributed by atoms with van der Waals surface area (Å²) in [5.74, 6) is 4.40. The quantitative estimate of drug-likeness (QED) is 0.414. The Labute approximate surface area is 157 Å². The van der Waals surface area contributed by atoms with Crippen LogP contribution in [0.1, 0.15) is 0 Å². The summed E-state index contributed by atoms with van der Waals surface area (Å²) in [6.07, 6.45) is 0. The molecule has 0 aliphatic carbocycles. The Morgan fingerprint density at radius 2 is 1.79 bits per heavy atom. The fraction of sp³-hybridized carbons (Fsp3) is 0.0714. The molecule has 24 heavy (non-hydrogen) atoms. The van der Waals surface area contributed by atoms with E-state index in [0.717, 1.165) is 4.31 Å². The molecule has 0 saturated carbocycles. The standard InChI is InChI=1S/C14H12BrCl2N3O3S/c15-9-1-6-13(12(17)7-9)20(8-14(21)19-18)24(22,23)11-4-2-10(16)3-5-11/h1-7H,8,18H2,(H,19,21). The predicted molar refractivity (Wildman–Crippen MR) is 97.5 cm³/mol. The fourth-order valence-electron chi connectivity index (χ4n) is 1.89. The highest BCUT2D eigenvalue weighted by Crippen LogP contribution is 2.32. The SMILES string of the molecule is NNC(=O)CN(c1ccc(Br)cc1Cl)S(=O)(=O)c1ccc(Cl)cc1. The minimum atomic E-state index is -4.05. The lowest BCUT2D eigenvalue weighted by Crippen LogP contribution is -2.43. The molecule has 0 heterocycles. The number of hydrogen-bond donors (Lipinski definition) is 2. The lowest BCUT2D eigenvalue weighted by atomic mass is 10.3. The number of nitrogens with zero attached hydrogens (tertiary/aromatic N) is 1. The maximum atomic E-state index is 12.9. The number of benzene rings is 2. The van der Waals surface area contributed by atoms with Crippen molar-refractivity contribution >= 4 is 60.7 Å². The van der Waals surface area contributed by atoms with Gasteiger partial charge in [-0.05, 0) is 42.5 Å². The number of nitrogens with one attached hydrogen (secondary N) is 1. The minimum absolute atomic E-state index is 0.0318. The number of sulfonamides is 1. The van der Waals surface area contributed by atoms with Crippen molar-refractivity contribution < 1.29 is 13.2 Å². The van der Waals surface area contributed by atoms with Crippen LogP contribution in [-0.4, -0.2) is 20.9 Å². The van der Waals surface area contributed by atoms with Crippen LogP contribution in [0.4, 0.5) is 5.69 Å². The molecular formula is C14H12BrCl2N3O3S. The van der Waals surface area contributed by atoms with Gasteiger partial charge in [-0.25, -0.2) is 14.3 Å². The first kappa shape index (κ1) is 19.0. The van der Waals surface area contributed by atoms with Crippen LogP contribution in [0.3, 0.4) is 0 Å². The lowest BCUT2D eigenvalue weighted by Gasteiger charge is -2.24. The molecule has 2 rings (SSSR count). The third kappa shape index (κ3) is 4.20. The number of carbonyl (C=O) groups is 1. The van der Waals surface area contributed by atoms with Gasteiger partial charge < -0.3 is 0 Å². The summed E-state index contributed by atoms with van der Waals surface area (Å²) in [5.41, 5.74) is 2.06. The topological polar surface area (TPSA) is 92.5 Å². The van der Waals surface area contributed by atoms with E-state index in [1.54, 1.807) is 6.07 Å². The van der Waals surface area contributed by atoms with Crippen molar-refractivity contribution in [3.05, 3.63) is 57.0 Å². The number of hydrazine groups is 1. The first-order valence-corrected chi connectivity index (χ1v) is 9.47. The van der Waals surface area contributed by atoms with E-state index in [9.17, 15) is 13.2 Å². The third-order valence-electron chi connectivity index (χ3n) is 3.03. The van der Waals surface area contributed by atoms with Gasteiger partial charge in [-0.1, -0.05) is 39.1 Å². The van der Waals surface area contributed by atoms with Gasteiger partial charge >= 0.3 is 0 Å². The van der Waals surface area contributed by atoms with E-state index in [1.807, 2.05) is 5.43 Å². The van der Waals surface area contributed by atoms with Crippen molar-refractivity contribution in [2.45, 2.75) is 4.90 Å². The van der Waals surface area contributed by atoms with Crippen LogP contribution in [0.2, 0.25) is 10.0 Å². The molecule has 0 atom stereocenters. The molecule has 0 aliphatic heterocycles. The molecule has 2 aromatic carbocycles. The smallest absolute Gasteiger partial charge is 0.264 e. The molecule has 0 bridgehead atoms. The van der Waals surface area contributed by atoms with Crippen LogP contribution in [-0.2, 0) is 14.8 Å². The molecule has 1 amide bonds. The van der Waals surface area contributed by atoms with E-state index >= 15 is 0 Å². The van der Waals surface area contributed by atoms with E-state index in [4.69, 9.17) is 29.0 Å². The van der Waals surface area contributed by atoms with Crippen molar-refractivity contribution in [3.63, 3.8) is 0 Å². The van der Waals surface area contributed by atoms with Crippen molar-refractivity contribution in [2.24, 2.45) is 5.84 Å². The van der Waals surface area contributed by atoms with E-state index in [-0.39, 0.29) is 15.6 Å². The highest BCUT2D eigenvalue weighted by molar-refractivity contribution is 9.10. The van der Waals surface area contributed by atoms with Crippen LogP contribution < -0.4 is 15.6 Å². The Balaban J connectivity index is 2.57. The summed E-state index contributed by atoms with van der Waals surface area (Å²) in [5, 5.41) is 0.550. The van der Waals surface area contributed by atoms with Gasteiger partial charge in [0.25, 0.3) is 15.9 Å². The summed E-state index contributed by atoms with van der Waals surface area (Å²) in [6.45, 7) is -0.525. The molecule has 128 valence electrons. The van der Waals surface area contributed by atoms with Gasteiger partial charge in [0.15, 0.2) is 0 Å². The fourth-order valence-corrected chi connectivity index (χ4v) is 4.28. The summed E-state index contributed by atoms with van der Waals surface area (Å²) in [6, 6.07) is 10.2. The molecule has 0 unspecified atom stereocenters. The second-order valence-corrected chi connectivity index (χ2v) is 8.25. The number of hydrogen-bond acceptors (Lipinski definition) is 4. The second-order valence-electron chi connectivity index (χ2n) is 4.63. The molecule has 0 aliphatic rings. The molecule has 0 saturated heterocycles. The van der Waals surface area contributed by atoms with E-state index < -0.39 is 22.5 Å². The zero-order valence-corrected chi connectivity index (χ0v) is 16.0. The summed E-state index contributed by atoms with van der Waals surface area (Å²) in [4.78, 5) is 11.7. The highest BCUT2D eigenvalue weighted by atomic mass is 79.9. The average molecular weight is 453 g/mol. The molecule has 3 N–H and O–H groups in total. The van der Waals surface area contributed by atoms with Crippen LogP contribution in [0, 0.1) is 0 Å². The number of amides is 1. The van der Waals surface area contributed by atoms with Crippen molar-refractivity contribution in [1.82, 2.24) is 5.43 Å². The zero-order valence-electron chi connectivity index (χ0n) is 12.0. The first-order chi connectivity index (χ1) is 11.3. The van der Waals surface area contributed by atoms with Gasteiger partial charge in [0, 0.05) is 9.50 Å². The summed E-state index contributed by atoms with van der Waals surface area (Å²) >= 11 is 15.2. The Bertz CT molecular complexity index is 860. The lowest BCUT2D eigenvalue weighted by molar-refractivity contribution is -0.119. The monoisotopic (exact) mass is 451 g/mol. The summed E-state index contributed by atoms with van der Waals surface area (Å²) < 4.78 is 27.4.